The summed E-state index contributed by atoms with van der Waals surface area (Å²) in [6.07, 6.45) is 15.0. The lowest BCUT2D eigenvalue weighted by molar-refractivity contribution is -0.311. The molecule has 0 spiro atoms. The second-order valence-electron chi connectivity index (χ2n) is 8.27. The smallest absolute Gasteiger partial charge is 0.331 e. The molecule has 0 amide bonds. The third-order valence-electron chi connectivity index (χ3n) is 5.00. The minimum atomic E-state index is -1.23. The van der Waals surface area contributed by atoms with Crippen molar-refractivity contribution in [3.05, 3.63) is 58.7 Å². The molecule has 0 heterocycles. The number of hydrogen-bond donors (Lipinski definition) is 0. The number of ether oxygens (including phenoxy) is 1. The zero-order valence-corrected chi connectivity index (χ0v) is 18.0. The maximum atomic E-state index is 11.7. The molecule has 0 N–H and O–H groups in total. The monoisotopic (exact) mass is 385 g/mol. The Labute approximate surface area is 169 Å². The molecule has 0 aliphatic heterocycles. The van der Waals surface area contributed by atoms with Gasteiger partial charge < -0.3 is 14.6 Å². The van der Waals surface area contributed by atoms with Gasteiger partial charge in [0.1, 0.15) is 0 Å². The number of carbonyl (C=O) groups is 2. The highest BCUT2D eigenvalue weighted by molar-refractivity contribution is 5.83. The molecule has 0 bridgehead atoms. The summed E-state index contributed by atoms with van der Waals surface area (Å²) in [6.45, 7) is 11.9. The van der Waals surface area contributed by atoms with Crippen LogP contribution in [0.1, 0.15) is 60.8 Å². The molecule has 0 aromatic rings. The van der Waals surface area contributed by atoms with Crippen LogP contribution in [0.5, 0.6) is 0 Å². The van der Waals surface area contributed by atoms with Crippen molar-refractivity contribution in [3.8, 4) is 0 Å². The van der Waals surface area contributed by atoms with Crippen LogP contribution < -0.4 is 5.11 Å². The summed E-state index contributed by atoms with van der Waals surface area (Å²) in [5.74, 6) is -2.61. The number of hydrogen-bond acceptors (Lipinski definition) is 4. The number of carbonyl (C=O) groups excluding carboxylic acids is 2. The number of rotatable bonds is 8. The third-order valence-corrected chi connectivity index (χ3v) is 5.00. The largest absolute Gasteiger partial charge is 0.550 e. The second-order valence-corrected chi connectivity index (χ2v) is 8.27. The number of aliphatic carboxylic acids is 1. The topological polar surface area (TPSA) is 66.4 Å². The van der Waals surface area contributed by atoms with Gasteiger partial charge in [-0.3, -0.25) is 0 Å². The molecule has 0 aromatic heterocycles. The second kappa shape index (κ2) is 10.8. The number of carboxylic acids is 1. The van der Waals surface area contributed by atoms with Crippen LogP contribution in [0.2, 0.25) is 0 Å². The summed E-state index contributed by atoms with van der Waals surface area (Å²) in [6, 6.07) is 0. The first-order valence-corrected chi connectivity index (χ1v) is 9.82. The van der Waals surface area contributed by atoms with E-state index in [1.807, 2.05) is 25.2 Å². The first kappa shape index (κ1) is 23.7. The summed E-state index contributed by atoms with van der Waals surface area (Å²) in [4.78, 5) is 22.3. The standard InChI is InChI=1S/C24H34O4/c1-17(12-13-21-19(3)11-8-14-24(21,5)6)9-7-10-18(2)15-22(25)28-16-20(4)23(26)27/h7,9-10,12-13,15,20H,8,11,14,16H2,1-6H3,(H,26,27)/p-1/b10-7+,13-12+,17-9+,18-15+. The number of allylic oxidation sites excluding steroid dienone is 9. The van der Waals surface area contributed by atoms with Crippen molar-refractivity contribution in [2.75, 3.05) is 6.61 Å². The predicted molar refractivity (Wildman–Crippen MR) is 111 cm³/mol. The van der Waals surface area contributed by atoms with Crippen molar-refractivity contribution < 1.29 is 19.4 Å². The molecule has 4 heteroatoms. The first-order valence-electron chi connectivity index (χ1n) is 9.82. The van der Waals surface area contributed by atoms with Crippen molar-refractivity contribution in [1.82, 2.24) is 0 Å². The van der Waals surface area contributed by atoms with Gasteiger partial charge in [-0.25, -0.2) is 4.79 Å². The fourth-order valence-electron chi connectivity index (χ4n) is 3.18. The Morgan fingerprint density at radius 3 is 2.50 bits per heavy atom. The Morgan fingerprint density at radius 1 is 1.21 bits per heavy atom. The van der Waals surface area contributed by atoms with E-state index in [4.69, 9.17) is 4.74 Å². The van der Waals surface area contributed by atoms with Crippen LogP contribution in [-0.2, 0) is 14.3 Å². The minimum Gasteiger partial charge on any atom is -0.550 e. The van der Waals surface area contributed by atoms with Crippen LogP contribution in [-0.4, -0.2) is 18.5 Å². The molecule has 1 aliphatic carbocycles. The summed E-state index contributed by atoms with van der Waals surface area (Å²) < 4.78 is 4.90. The van der Waals surface area contributed by atoms with Gasteiger partial charge >= 0.3 is 5.97 Å². The zero-order valence-electron chi connectivity index (χ0n) is 18.0. The van der Waals surface area contributed by atoms with Gasteiger partial charge in [0.15, 0.2) is 0 Å². The van der Waals surface area contributed by atoms with Crippen molar-refractivity contribution in [2.24, 2.45) is 11.3 Å². The molecule has 1 atom stereocenters. The zero-order chi connectivity index (χ0) is 21.3. The third kappa shape index (κ3) is 8.12. The van der Waals surface area contributed by atoms with Gasteiger partial charge in [-0.15, -0.1) is 0 Å². The molecule has 28 heavy (non-hydrogen) atoms. The summed E-state index contributed by atoms with van der Waals surface area (Å²) in [5.41, 5.74) is 4.98. The molecule has 1 aliphatic rings. The molecule has 0 fully saturated rings. The summed E-state index contributed by atoms with van der Waals surface area (Å²) in [7, 11) is 0. The van der Waals surface area contributed by atoms with Gasteiger partial charge in [0.05, 0.1) is 6.61 Å². The molecule has 0 radical (unpaired) electrons. The maximum Gasteiger partial charge on any atom is 0.331 e. The van der Waals surface area contributed by atoms with Crippen LogP contribution in [0, 0.1) is 11.3 Å². The highest BCUT2D eigenvalue weighted by Gasteiger charge is 2.26. The number of carboxylic acid groups (broad SMARTS) is 1. The van der Waals surface area contributed by atoms with Gasteiger partial charge in [0.2, 0.25) is 0 Å². The van der Waals surface area contributed by atoms with Crippen molar-refractivity contribution in [2.45, 2.75) is 60.8 Å². The molecular formula is C24H33O4-. The van der Waals surface area contributed by atoms with Crippen LogP contribution in [0.3, 0.4) is 0 Å². The molecule has 0 saturated heterocycles. The van der Waals surface area contributed by atoms with E-state index in [1.54, 1.807) is 6.92 Å². The normalized spacial score (nSPS) is 19.4. The predicted octanol–water partition coefficient (Wildman–Crippen LogP) is 4.45. The molecule has 0 saturated carbocycles. The lowest BCUT2D eigenvalue weighted by Crippen LogP contribution is -2.32. The Balaban J connectivity index is 2.65. The van der Waals surface area contributed by atoms with Crippen LogP contribution in [0.15, 0.2) is 58.7 Å². The van der Waals surface area contributed by atoms with Crippen LogP contribution in [0.4, 0.5) is 0 Å². The van der Waals surface area contributed by atoms with E-state index in [2.05, 4.69) is 32.9 Å². The minimum absolute atomic E-state index is 0.190. The average molecular weight is 386 g/mol. The average Bonchev–Trinajstić information content (AvgIpc) is 2.58. The summed E-state index contributed by atoms with van der Waals surface area (Å²) >= 11 is 0. The van der Waals surface area contributed by atoms with Crippen LogP contribution in [0.25, 0.3) is 0 Å². The van der Waals surface area contributed by atoms with E-state index >= 15 is 0 Å². The van der Waals surface area contributed by atoms with E-state index in [-0.39, 0.29) is 12.0 Å². The Bertz CT molecular complexity index is 730. The van der Waals surface area contributed by atoms with Gasteiger partial charge in [-0.2, -0.15) is 0 Å². The Morgan fingerprint density at radius 2 is 1.89 bits per heavy atom. The maximum absolute atomic E-state index is 11.7. The summed E-state index contributed by atoms with van der Waals surface area (Å²) in [5, 5.41) is 10.6. The molecule has 1 rings (SSSR count). The molecule has 4 nitrogen and oxygen atoms in total. The van der Waals surface area contributed by atoms with Gasteiger partial charge in [-0.05, 0) is 56.6 Å². The van der Waals surface area contributed by atoms with Crippen LogP contribution >= 0.6 is 0 Å². The van der Waals surface area contributed by atoms with E-state index in [9.17, 15) is 14.7 Å². The van der Waals surface area contributed by atoms with Gasteiger partial charge in [0, 0.05) is 18.0 Å². The fourth-order valence-corrected chi connectivity index (χ4v) is 3.18. The fraction of sp³-hybridized carbons (Fsp3) is 0.500. The molecule has 154 valence electrons. The van der Waals surface area contributed by atoms with Crippen molar-refractivity contribution >= 4 is 11.9 Å². The number of esters is 1. The lowest BCUT2D eigenvalue weighted by Gasteiger charge is -2.32. The quantitative estimate of drug-likeness (QED) is 0.352. The van der Waals surface area contributed by atoms with Crippen molar-refractivity contribution in [3.63, 3.8) is 0 Å². The van der Waals surface area contributed by atoms with Crippen molar-refractivity contribution in [1.29, 1.82) is 0 Å². The molecular weight excluding hydrogens is 352 g/mol. The highest BCUT2D eigenvalue weighted by atomic mass is 16.5. The SMILES string of the molecule is CC1=C(/C=C/C(C)=C/C=C/C(C)=C/C(=O)OCC(C)C(=O)[O-])C(C)(C)CCC1. The molecule has 1 unspecified atom stereocenters. The van der Waals surface area contributed by atoms with E-state index in [0.717, 1.165) is 11.1 Å². The van der Waals surface area contributed by atoms with Gasteiger partial charge in [-0.1, -0.05) is 62.3 Å². The van der Waals surface area contributed by atoms with Gasteiger partial charge in [0.25, 0.3) is 0 Å². The first-order chi connectivity index (χ1) is 13.0. The Hall–Kier alpha value is -2.36. The Kier molecular flexibility index (Phi) is 9.17. The van der Waals surface area contributed by atoms with E-state index in [1.165, 1.54) is 43.4 Å². The molecule has 0 aromatic carbocycles. The highest BCUT2D eigenvalue weighted by Crippen LogP contribution is 2.40. The van der Waals surface area contributed by atoms with E-state index in [0.29, 0.717) is 0 Å². The lowest BCUT2D eigenvalue weighted by atomic mass is 9.72. The van der Waals surface area contributed by atoms with E-state index < -0.39 is 17.9 Å².